The van der Waals surface area contributed by atoms with Crippen LogP contribution in [0.25, 0.3) is 12.2 Å². The molecule has 0 bridgehead atoms. The minimum Gasteiger partial charge on any atom is -0.454 e. The maximum Gasteiger partial charge on any atom is 0.257 e. The first kappa shape index (κ1) is 10.2. The summed E-state index contributed by atoms with van der Waals surface area (Å²) >= 11 is 0. The molecule has 0 N–H and O–H groups in total. The van der Waals surface area contributed by atoms with E-state index in [0.717, 1.165) is 16.3 Å². The van der Waals surface area contributed by atoms with Crippen molar-refractivity contribution in [2.75, 3.05) is 0 Å². The van der Waals surface area contributed by atoms with E-state index in [1.165, 1.54) is 0 Å². The predicted molar refractivity (Wildman–Crippen MR) is 58.9 cm³/mol. The lowest BCUT2D eigenvalue weighted by atomic mass is 10.1. The van der Waals surface area contributed by atoms with Crippen LogP contribution >= 0.6 is 0 Å². The minimum atomic E-state index is 0.287. The summed E-state index contributed by atoms with van der Waals surface area (Å²) in [6.07, 6.45) is 3.64. The number of rotatable bonds is 4. The fraction of sp³-hybridized carbons (Fsp3) is 0. The fourth-order valence-electron chi connectivity index (χ4n) is 1.13. The number of hydrogen-bond acceptors (Lipinski definition) is 1. The Hall–Kier alpha value is -0.906. The van der Waals surface area contributed by atoms with Gasteiger partial charge in [-0.2, -0.15) is 0 Å². The van der Waals surface area contributed by atoms with Gasteiger partial charge >= 0.3 is 0 Å². The van der Waals surface area contributed by atoms with Crippen LogP contribution in [0.4, 0.5) is 0 Å². The lowest BCUT2D eigenvalue weighted by molar-refractivity contribution is 0.676. The fourth-order valence-corrected chi connectivity index (χ4v) is 2.09. The van der Waals surface area contributed by atoms with Gasteiger partial charge in [0.25, 0.3) is 9.76 Å². The second kappa shape index (κ2) is 4.96. The smallest absolute Gasteiger partial charge is 0.257 e. The van der Waals surface area contributed by atoms with E-state index in [4.69, 9.17) is 4.12 Å². The van der Waals surface area contributed by atoms with Crippen LogP contribution in [0.5, 0.6) is 0 Å². The second-order valence-corrected chi connectivity index (χ2v) is 3.98. The van der Waals surface area contributed by atoms with Crippen LogP contribution in [0, 0.1) is 0 Å². The summed E-state index contributed by atoms with van der Waals surface area (Å²) < 4.78 is 4.92. The van der Waals surface area contributed by atoms with E-state index in [0.29, 0.717) is 0 Å². The third-order valence-corrected chi connectivity index (χ3v) is 2.79. The Morgan fingerprint density at radius 3 is 2.62 bits per heavy atom. The van der Waals surface area contributed by atoms with Gasteiger partial charge in [0, 0.05) is 0 Å². The maximum atomic E-state index is 4.92. The zero-order chi connectivity index (χ0) is 9.68. The molecule has 0 aliphatic carbocycles. The molecule has 0 amide bonds. The van der Waals surface area contributed by atoms with Gasteiger partial charge in [-0.25, -0.2) is 0 Å². The normalized spacial score (nSPS) is 9.62. The van der Waals surface area contributed by atoms with Crippen molar-refractivity contribution in [2.45, 2.75) is 0 Å². The first-order chi connectivity index (χ1) is 6.33. The van der Waals surface area contributed by atoms with Crippen molar-refractivity contribution in [3.8, 4) is 0 Å². The molecule has 0 saturated heterocycles. The predicted octanol–water partition coefficient (Wildman–Crippen LogP) is 1.32. The largest absolute Gasteiger partial charge is 0.454 e. The summed E-state index contributed by atoms with van der Waals surface area (Å²) in [6.45, 7) is 7.51. The van der Waals surface area contributed by atoms with E-state index >= 15 is 0 Å². The third-order valence-electron chi connectivity index (χ3n) is 1.72. The van der Waals surface area contributed by atoms with Crippen LogP contribution in [0.3, 0.4) is 0 Å². The Balaban J connectivity index is 3.18. The van der Waals surface area contributed by atoms with Crippen molar-refractivity contribution in [3.63, 3.8) is 0 Å². The van der Waals surface area contributed by atoms with E-state index in [9.17, 15) is 0 Å². The van der Waals surface area contributed by atoms with Gasteiger partial charge in [-0.15, -0.1) is 0 Å². The van der Waals surface area contributed by atoms with Crippen LogP contribution in [0.2, 0.25) is 0 Å². The Morgan fingerprint density at radius 2 is 2.08 bits per heavy atom. The molecule has 5 radical (unpaired) electrons. The molecule has 13 heavy (non-hydrogen) atoms. The molecule has 63 valence electrons. The van der Waals surface area contributed by atoms with Crippen LogP contribution in [-0.4, -0.2) is 20.2 Å². The highest BCUT2D eigenvalue weighted by Gasteiger charge is 2.03. The Labute approximate surface area is 84.6 Å². The quantitative estimate of drug-likeness (QED) is 0.668. The maximum absolute atomic E-state index is 4.92. The van der Waals surface area contributed by atoms with Crippen molar-refractivity contribution in [1.29, 1.82) is 0 Å². The van der Waals surface area contributed by atoms with E-state index in [1.807, 2.05) is 30.4 Å². The van der Waals surface area contributed by atoms with Gasteiger partial charge in [-0.05, 0) is 16.3 Å². The molecule has 1 rings (SSSR count). The molecule has 0 aromatic heterocycles. The second-order valence-electron chi connectivity index (χ2n) is 2.42. The molecule has 0 heterocycles. The van der Waals surface area contributed by atoms with E-state index in [1.54, 1.807) is 0 Å². The lowest BCUT2D eigenvalue weighted by Crippen LogP contribution is -2.20. The number of hydrogen-bond donors (Lipinski definition) is 0. The zero-order valence-electron chi connectivity index (χ0n) is 7.21. The molecule has 0 fully saturated rings. The van der Waals surface area contributed by atoms with Gasteiger partial charge in [0.05, 0.1) is 0 Å². The van der Waals surface area contributed by atoms with Gasteiger partial charge < -0.3 is 4.12 Å². The topological polar surface area (TPSA) is 9.23 Å². The van der Waals surface area contributed by atoms with E-state index in [-0.39, 0.29) is 9.76 Å². The van der Waals surface area contributed by atoms with Gasteiger partial charge in [-0.1, -0.05) is 43.5 Å². The van der Waals surface area contributed by atoms with Crippen LogP contribution < -0.4 is 5.19 Å². The molecule has 0 aliphatic rings. The van der Waals surface area contributed by atoms with Gasteiger partial charge in [0.1, 0.15) is 0 Å². The molecule has 3 heteroatoms. The monoisotopic (exact) mass is 201 g/mol. The Kier molecular flexibility index (Phi) is 3.88. The summed E-state index contributed by atoms with van der Waals surface area (Å²) in [6, 6.07) is 6.01. The third kappa shape index (κ3) is 2.27. The highest BCUT2D eigenvalue weighted by atomic mass is 28.3. The molecule has 1 nitrogen and oxygen atoms in total. The zero-order valence-corrected chi connectivity index (χ0v) is 9.21. The summed E-state index contributed by atoms with van der Waals surface area (Å²) in [7, 11) is 3.28. The van der Waals surface area contributed by atoms with Crippen molar-refractivity contribution >= 4 is 37.6 Å². The average Bonchev–Trinajstić information content (AvgIpc) is 2.18. The van der Waals surface area contributed by atoms with Gasteiger partial charge in [-0.3, -0.25) is 0 Å². The molecule has 1 aromatic carbocycles. The summed E-state index contributed by atoms with van der Waals surface area (Å²) in [5.41, 5.74) is 2.18. The molecule has 1 aromatic rings. The standard InChI is InChI=1S/C10H9OSi2/c1-3-8-6-5-7-10(13-11-12)9(8)4-2/h3-7H,1-2H2. The van der Waals surface area contributed by atoms with Crippen molar-refractivity contribution in [2.24, 2.45) is 0 Å². The molecule has 0 unspecified atom stereocenters. The minimum absolute atomic E-state index is 0.287. The number of benzene rings is 1. The summed E-state index contributed by atoms with van der Waals surface area (Å²) in [4.78, 5) is 0. The Bertz CT molecular complexity index is 321. The van der Waals surface area contributed by atoms with Crippen LogP contribution in [0.1, 0.15) is 11.1 Å². The molecule has 0 aliphatic heterocycles. The van der Waals surface area contributed by atoms with E-state index in [2.05, 4.69) is 23.6 Å². The first-order valence-electron chi connectivity index (χ1n) is 3.80. The van der Waals surface area contributed by atoms with Crippen molar-refractivity contribution < 1.29 is 4.12 Å². The van der Waals surface area contributed by atoms with Gasteiger partial charge in [0.2, 0.25) is 10.5 Å². The molecular weight excluding hydrogens is 192 g/mol. The highest BCUT2D eigenvalue weighted by Crippen LogP contribution is 2.08. The van der Waals surface area contributed by atoms with E-state index < -0.39 is 0 Å². The SMILES string of the molecule is C=Cc1cccc([Si]O[Si])c1C=C. The summed E-state index contributed by atoms with van der Waals surface area (Å²) in [5.74, 6) is 0. The molecule has 0 atom stereocenters. The van der Waals surface area contributed by atoms with Crippen molar-refractivity contribution in [3.05, 3.63) is 42.5 Å². The molecule has 0 saturated carbocycles. The lowest BCUT2D eigenvalue weighted by Gasteiger charge is -2.06. The summed E-state index contributed by atoms with van der Waals surface area (Å²) in [5, 5.41) is 1.13. The highest BCUT2D eigenvalue weighted by molar-refractivity contribution is 6.52. The molecular formula is C10H9OSi2. The molecule has 0 spiro atoms. The van der Waals surface area contributed by atoms with Crippen molar-refractivity contribution in [1.82, 2.24) is 0 Å². The van der Waals surface area contributed by atoms with Crippen LogP contribution in [-0.2, 0) is 4.12 Å². The first-order valence-corrected chi connectivity index (χ1v) is 5.11. The van der Waals surface area contributed by atoms with Gasteiger partial charge in [0.15, 0.2) is 0 Å². The Morgan fingerprint density at radius 1 is 1.31 bits per heavy atom. The van der Waals surface area contributed by atoms with Crippen LogP contribution in [0.15, 0.2) is 31.4 Å². The average molecular weight is 201 g/mol.